The van der Waals surface area contributed by atoms with E-state index in [4.69, 9.17) is 9.84 Å². The third kappa shape index (κ3) is 1.76. The lowest BCUT2D eigenvalue weighted by Crippen LogP contribution is -2.39. The topological polar surface area (TPSA) is 63.9 Å². The molecule has 5 heteroatoms. The monoisotopic (exact) mass is 185 g/mol. The molecule has 2 fully saturated rings. The summed E-state index contributed by atoms with van der Waals surface area (Å²) >= 11 is 0. The fraction of sp³-hybridized carbons (Fsp3) is 0.875. The molecule has 0 aromatic heterocycles. The number of cyclic esters (lactones) is 1. The van der Waals surface area contributed by atoms with Gasteiger partial charge in [0.05, 0.1) is 0 Å². The number of aliphatic hydroxyl groups excluding tert-OH is 1. The van der Waals surface area contributed by atoms with E-state index in [1.807, 2.05) is 0 Å². The van der Waals surface area contributed by atoms with Crippen molar-refractivity contribution in [2.75, 3.05) is 26.3 Å². The zero-order chi connectivity index (χ0) is 9.26. The van der Waals surface area contributed by atoms with Gasteiger partial charge in [0.1, 0.15) is 12.8 Å². The number of ether oxygens (including phenoxy) is 1. The van der Waals surface area contributed by atoms with Gasteiger partial charge in [-0.15, -0.1) is 0 Å². The van der Waals surface area contributed by atoms with Crippen LogP contribution in [0.2, 0.25) is 0 Å². The average molecular weight is 185 g/mol. The van der Waals surface area contributed by atoms with Crippen LogP contribution >= 0.6 is 0 Å². The van der Waals surface area contributed by atoms with E-state index in [0.29, 0.717) is 12.5 Å². The third-order valence-electron chi connectivity index (χ3n) is 2.61. The quantitative estimate of drug-likeness (QED) is 0.622. The summed E-state index contributed by atoms with van der Waals surface area (Å²) in [5.74, 6) is 0.339. The van der Waals surface area contributed by atoms with Gasteiger partial charge in [-0.3, -0.25) is 4.90 Å². The Morgan fingerprint density at radius 2 is 2.54 bits per heavy atom. The Kier molecular flexibility index (Phi) is 2.37. The first kappa shape index (κ1) is 8.77. The summed E-state index contributed by atoms with van der Waals surface area (Å²) < 4.78 is 4.74. The number of hydrogen-bond donors (Lipinski definition) is 1. The Morgan fingerprint density at radius 3 is 3.08 bits per heavy atom. The maximum Gasteiger partial charge on any atom is 0.430 e. The van der Waals surface area contributed by atoms with Gasteiger partial charge >= 0.3 is 6.09 Å². The first-order valence-electron chi connectivity index (χ1n) is 4.52. The van der Waals surface area contributed by atoms with Crippen LogP contribution in [0.3, 0.4) is 0 Å². The van der Waals surface area contributed by atoms with Crippen molar-refractivity contribution in [2.24, 2.45) is 5.92 Å². The second-order valence-electron chi connectivity index (χ2n) is 3.52. The Hall–Kier alpha value is -0.810. The average Bonchev–Trinajstić information content (AvgIpc) is 2.71. The predicted octanol–water partition coefficient (Wildman–Crippen LogP) is -0.619. The van der Waals surface area contributed by atoms with Crippen molar-refractivity contribution in [3.05, 3.63) is 0 Å². The van der Waals surface area contributed by atoms with E-state index < -0.39 is 6.09 Å². The fourth-order valence-electron chi connectivity index (χ4n) is 1.81. The van der Waals surface area contributed by atoms with Crippen LogP contribution < -0.4 is 5.32 Å². The molecule has 2 atom stereocenters. The number of nitrogens with zero attached hydrogens (tertiary/aromatic N) is 2. The van der Waals surface area contributed by atoms with E-state index in [1.54, 1.807) is 0 Å². The van der Waals surface area contributed by atoms with E-state index >= 15 is 0 Å². The largest absolute Gasteiger partial charge is 0.444 e. The van der Waals surface area contributed by atoms with Crippen LogP contribution in [0, 0.1) is 5.92 Å². The Bertz CT molecular complexity index is 210. The lowest BCUT2D eigenvalue weighted by atomic mass is 10.1. The lowest BCUT2D eigenvalue weighted by Gasteiger charge is -2.19. The van der Waals surface area contributed by atoms with Gasteiger partial charge in [0.2, 0.25) is 0 Å². The maximum atomic E-state index is 10.7. The van der Waals surface area contributed by atoms with E-state index in [9.17, 15) is 4.79 Å². The molecule has 0 spiro atoms. The van der Waals surface area contributed by atoms with Crippen molar-refractivity contribution >= 4 is 6.09 Å². The molecular formula is C8H13N2O3. The van der Waals surface area contributed by atoms with Gasteiger partial charge in [0.25, 0.3) is 0 Å². The van der Waals surface area contributed by atoms with Gasteiger partial charge < -0.3 is 9.84 Å². The van der Waals surface area contributed by atoms with Crippen molar-refractivity contribution in [1.29, 1.82) is 0 Å². The van der Waals surface area contributed by atoms with E-state index in [-0.39, 0.29) is 12.8 Å². The molecule has 0 aliphatic carbocycles. The number of carbonyl (C=O) groups excluding carboxylic acids is 1. The van der Waals surface area contributed by atoms with Gasteiger partial charge in [-0.1, -0.05) is 0 Å². The Morgan fingerprint density at radius 1 is 1.69 bits per heavy atom. The number of rotatable bonds is 2. The molecule has 0 bridgehead atoms. The van der Waals surface area contributed by atoms with Crippen LogP contribution in [0.4, 0.5) is 4.79 Å². The van der Waals surface area contributed by atoms with Crippen LogP contribution in [0.1, 0.15) is 6.42 Å². The number of hydrogen-bond acceptors (Lipinski definition) is 4. The Balaban J connectivity index is 1.85. The molecule has 1 amide bonds. The second kappa shape index (κ2) is 3.51. The van der Waals surface area contributed by atoms with Crippen molar-refractivity contribution in [3.63, 3.8) is 0 Å². The first-order chi connectivity index (χ1) is 6.29. The van der Waals surface area contributed by atoms with Crippen LogP contribution in [0.5, 0.6) is 0 Å². The standard InChI is InChI=1S/C8H13N2O3/c11-4-6-1-2-10(3-6)7-5-13-8(12)9-7/h6-7,11H,1-5H2. The van der Waals surface area contributed by atoms with Gasteiger partial charge in [0, 0.05) is 19.7 Å². The SMILES string of the molecule is O=C1[N]C(N2CCC(CO)C2)CO1. The second-order valence-corrected chi connectivity index (χ2v) is 3.52. The molecule has 2 heterocycles. The minimum absolute atomic E-state index is 0.107. The summed E-state index contributed by atoms with van der Waals surface area (Å²) in [5, 5.41) is 12.7. The Labute approximate surface area is 76.7 Å². The maximum absolute atomic E-state index is 10.7. The molecule has 2 saturated heterocycles. The van der Waals surface area contributed by atoms with Gasteiger partial charge in [-0.2, -0.15) is 5.32 Å². The van der Waals surface area contributed by atoms with Gasteiger partial charge in [-0.05, 0) is 12.3 Å². The van der Waals surface area contributed by atoms with Crippen molar-refractivity contribution in [3.8, 4) is 0 Å². The molecule has 2 unspecified atom stereocenters. The van der Waals surface area contributed by atoms with Gasteiger partial charge in [-0.25, -0.2) is 4.79 Å². The molecule has 1 N–H and O–H groups in total. The van der Waals surface area contributed by atoms with E-state index in [0.717, 1.165) is 19.5 Å². The predicted molar refractivity (Wildman–Crippen MR) is 44.0 cm³/mol. The van der Waals surface area contributed by atoms with Gasteiger partial charge in [0.15, 0.2) is 0 Å². The van der Waals surface area contributed by atoms with Crippen LogP contribution in [0.25, 0.3) is 0 Å². The van der Waals surface area contributed by atoms with Crippen LogP contribution in [-0.2, 0) is 4.74 Å². The fourth-order valence-corrected chi connectivity index (χ4v) is 1.81. The zero-order valence-electron chi connectivity index (χ0n) is 7.35. The minimum Gasteiger partial charge on any atom is -0.444 e. The van der Waals surface area contributed by atoms with Crippen LogP contribution in [-0.4, -0.2) is 48.6 Å². The molecule has 0 saturated carbocycles. The van der Waals surface area contributed by atoms with Crippen LogP contribution in [0.15, 0.2) is 0 Å². The summed E-state index contributed by atoms with van der Waals surface area (Å²) in [5.41, 5.74) is 0. The molecule has 0 aromatic rings. The molecular weight excluding hydrogens is 172 g/mol. The highest BCUT2D eigenvalue weighted by Gasteiger charge is 2.34. The lowest BCUT2D eigenvalue weighted by molar-refractivity contribution is 0.156. The summed E-state index contributed by atoms with van der Waals surface area (Å²) in [7, 11) is 0. The molecule has 1 radical (unpaired) electrons. The smallest absolute Gasteiger partial charge is 0.430 e. The molecule has 0 aromatic carbocycles. The molecule has 2 aliphatic rings. The number of carbonyl (C=O) groups is 1. The van der Waals surface area contributed by atoms with Crippen molar-refractivity contribution < 1.29 is 14.6 Å². The van der Waals surface area contributed by atoms with E-state index in [1.165, 1.54) is 0 Å². The molecule has 2 aliphatic heterocycles. The van der Waals surface area contributed by atoms with E-state index in [2.05, 4.69) is 10.2 Å². The number of likely N-dealkylation sites (tertiary alicyclic amines) is 1. The molecule has 2 rings (SSSR count). The summed E-state index contributed by atoms with van der Waals surface area (Å²) in [4.78, 5) is 12.8. The highest BCUT2D eigenvalue weighted by molar-refractivity contribution is 5.69. The highest BCUT2D eigenvalue weighted by Crippen LogP contribution is 2.19. The summed E-state index contributed by atoms with van der Waals surface area (Å²) in [6, 6.07) is 0. The molecule has 73 valence electrons. The number of amides is 1. The highest BCUT2D eigenvalue weighted by atomic mass is 16.6. The minimum atomic E-state index is -0.461. The van der Waals surface area contributed by atoms with Crippen molar-refractivity contribution in [2.45, 2.75) is 12.6 Å². The first-order valence-corrected chi connectivity index (χ1v) is 4.52. The normalized spacial score (nSPS) is 34.7. The summed E-state index contributed by atoms with van der Waals surface area (Å²) in [6.45, 7) is 2.31. The zero-order valence-corrected chi connectivity index (χ0v) is 7.35. The van der Waals surface area contributed by atoms with Crippen molar-refractivity contribution in [1.82, 2.24) is 10.2 Å². The molecule has 5 nitrogen and oxygen atoms in total. The number of aliphatic hydroxyl groups is 1. The third-order valence-corrected chi connectivity index (χ3v) is 2.61. The summed E-state index contributed by atoms with van der Waals surface area (Å²) in [6.07, 6.45) is 0.415. The molecule has 13 heavy (non-hydrogen) atoms.